The Labute approximate surface area is 511 Å². The van der Waals surface area contributed by atoms with E-state index in [0.29, 0.717) is 74.1 Å². The molecule has 88 heavy (non-hydrogen) atoms. The van der Waals surface area contributed by atoms with E-state index in [1.807, 2.05) is 81.4 Å². The predicted octanol–water partition coefficient (Wildman–Crippen LogP) is 12.9. The van der Waals surface area contributed by atoms with Gasteiger partial charge in [-0.15, -0.1) is 0 Å². The maximum atomic E-state index is 12.2. The minimum Gasteiger partial charge on any atom is -0.508 e. The molecule has 5 aromatic rings. The Hall–Kier alpha value is -8.43. The second-order valence-electron chi connectivity index (χ2n) is 22.1. The summed E-state index contributed by atoms with van der Waals surface area (Å²) in [4.78, 5) is 56.4. The van der Waals surface area contributed by atoms with Crippen LogP contribution in [0, 0.1) is 52.3 Å². The minimum atomic E-state index is -5.66. The lowest BCUT2D eigenvalue weighted by atomic mass is 9.71. The number of carboxylic acids is 1. The van der Waals surface area contributed by atoms with Crippen molar-refractivity contribution in [1.82, 2.24) is 0 Å². The number of hydrogen-bond donors (Lipinski definition) is 2. The van der Waals surface area contributed by atoms with Gasteiger partial charge in [-0.25, -0.2) is 0 Å². The quantitative estimate of drug-likeness (QED) is 0.0379. The highest BCUT2D eigenvalue weighted by Gasteiger charge is 2.49. The molecule has 0 unspecified atom stereocenters. The Morgan fingerprint density at radius 1 is 0.455 bits per heavy atom. The number of carbonyl (C=O) groups is 5. The number of carboxylic acid groups (broad SMARTS) is 1. The molecule has 0 aromatic heterocycles. The summed E-state index contributed by atoms with van der Waals surface area (Å²) in [6, 6.07) is 39.8. The number of aromatic hydroxyl groups is 1. The van der Waals surface area contributed by atoms with E-state index >= 15 is 0 Å². The van der Waals surface area contributed by atoms with E-state index in [0.717, 1.165) is 80.4 Å². The van der Waals surface area contributed by atoms with Crippen LogP contribution >= 0.6 is 0 Å². The molecule has 5 aromatic carbocycles. The molecule has 0 atom stereocenters. The lowest BCUT2D eigenvalue weighted by Crippen LogP contribution is -2.30. The highest BCUT2D eigenvalue weighted by molar-refractivity contribution is 7.88. The van der Waals surface area contributed by atoms with Crippen LogP contribution in [0.4, 0.5) is 13.2 Å². The van der Waals surface area contributed by atoms with Crippen LogP contribution in [0.2, 0.25) is 0 Å². The largest absolute Gasteiger partial charge is 0.534 e. The number of nitriles is 2. The van der Waals surface area contributed by atoms with Crippen LogP contribution in [0.15, 0.2) is 121 Å². The molecule has 5 saturated carbocycles. The van der Waals surface area contributed by atoms with Crippen molar-refractivity contribution in [2.24, 2.45) is 29.6 Å². The van der Waals surface area contributed by atoms with Crippen molar-refractivity contribution in [3.8, 4) is 29.4 Å². The summed E-state index contributed by atoms with van der Waals surface area (Å²) in [6.07, 6.45) is 7.92. The fourth-order valence-corrected chi connectivity index (χ4v) is 11.2. The van der Waals surface area contributed by atoms with Crippen molar-refractivity contribution < 1.29 is 83.6 Å². The average Bonchev–Trinajstić information content (AvgIpc) is 3.31. The number of aliphatic carboxylic acids is 1. The highest BCUT2D eigenvalue weighted by Crippen LogP contribution is 2.46. The number of nitrogens with zero attached hydrogens (tertiary/aromatic N) is 2. The van der Waals surface area contributed by atoms with Gasteiger partial charge in [-0.3, -0.25) is 24.0 Å². The van der Waals surface area contributed by atoms with Gasteiger partial charge in [0.15, 0.2) is 0 Å². The lowest BCUT2D eigenvalue weighted by molar-refractivity contribution is -0.152. The van der Waals surface area contributed by atoms with E-state index in [1.165, 1.54) is 28.8 Å². The minimum absolute atomic E-state index is 0.0442. The normalized spacial score (nSPS) is 22.7. The highest BCUT2D eigenvalue weighted by atomic mass is 32.2. The third kappa shape index (κ3) is 19.3. The first kappa shape index (κ1) is 68.7. The van der Waals surface area contributed by atoms with E-state index in [4.69, 9.17) is 44.4 Å². The van der Waals surface area contributed by atoms with E-state index in [1.54, 1.807) is 38.3 Å². The van der Waals surface area contributed by atoms with E-state index in [2.05, 4.69) is 28.5 Å². The van der Waals surface area contributed by atoms with Gasteiger partial charge in [0.05, 0.1) is 86.4 Å². The summed E-state index contributed by atoms with van der Waals surface area (Å²) in [5.74, 6) is 1.34. The third-order valence-electron chi connectivity index (χ3n) is 16.3. The number of methoxy groups -OCH3 is 1. The molecule has 5 aliphatic rings. The molecule has 0 bridgehead atoms. The molecule has 0 saturated heterocycles. The van der Waals surface area contributed by atoms with Crippen LogP contribution < -0.4 is 8.92 Å². The number of rotatable bonds is 17. The van der Waals surface area contributed by atoms with Crippen LogP contribution in [-0.2, 0) is 53.0 Å². The average molecular weight is 1240 g/mol. The van der Waals surface area contributed by atoms with Crippen molar-refractivity contribution in [2.75, 3.05) is 33.5 Å². The van der Waals surface area contributed by atoms with Crippen molar-refractivity contribution in [2.45, 2.75) is 127 Å². The molecule has 0 aliphatic heterocycles. The summed E-state index contributed by atoms with van der Waals surface area (Å²) >= 11 is 0. The predicted molar refractivity (Wildman–Crippen MR) is 317 cm³/mol. The maximum absolute atomic E-state index is 12.2. The molecule has 10 rings (SSSR count). The molecule has 5 aliphatic carbocycles. The summed E-state index contributed by atoms with van der Waals surface area (Å²) in [5.41, 5.74) is 1.50. The fourth-order valence-electron chi connectivity index (χ4n) is 10.7. The number of carbonyl (C=O) groups excluding carboxylic acids is 4. The Kier molecular flexibility index (Phi) is 25.4. The number of phenolic OH excluding ortho intramolecular Hbond substituents is 1. The molecule has 0 amide bonds. The van der Waals surface area contributed by atoms with Crippen LogP contribution in [0.5, 0.6) is 17.2 Å². The number of phenols is 1. The lowest BCUT2D eigenvalue weighted by Gasteiger charge is -2.33. The first-order valence-electron chi connectivity index (χ1n) is 29.5. The van der Waals surface area contributed by atoms with Crippen molar-refractivity contribution in [1.29, 1.82) is 10.5 Å². The smallest absolute Gasteiger partial charge is 0.508 e. The first-order chi connectivity index (χ1) is 42.0. The van der Waals surface area contributed by atoms with Gasteiger partial charge in [-0.1, -0.05) is 60.7 Å². The van der Waals surface area contributed by atoms with Crippen LogP contribution in [0.25, 0.3) is 0 Å². The van der Waals surface area contributed by atoms with Crippen LogP contribution in [0.3, 0.4) is 0 Å². The van der Waals surface area contributed by atoms with Crippen molar-refractivity contribution in [3.05, 3.63) is 160 Å². The van der Waals surface area contributed by atoms with Gasteiger partial charge in [-0.05, 0) is 210 Å². The molecular formula is C67H75F3N2O15S. The Morgan fingerprint density at radius 3 is 0.943 bits per heavy atom. The Morgan fingerprint density at radius 2 is 0.705 bits per heavy atom. The molecule has 21 heteroatoms. The van der Waals surface area contributed by atoms with E-state index in [9.17, 15) is 45.6 Å². The summed E-state index contributed by atoms with van der Waals surface area (Å²) < 4.78 is 87.4. The molecule has 0 spiro atoms. The molecule has 0 radical (unpaired) electrons. The zero-order valence-electron chi connectivity index (χ0n) is 49.9. The summed E-state index contributed by atoms with van der Waals surface area (Å²) in [5, 5.41) is 35.2. The maximum Gasteiger partial charge on any atom is 0.534 e. The SMILES string of the molecule is CCOC(=O)C1CC(c2ccc(C#N)cc2)C1.CCOC(=O)C1CC(c2ccc(O)cc2)C1.CCOC(=O)C1CC(c2ccc(OC)cc2)C1.CCOC(=O)C1CC(c2ccc(OS(=O)(=O)C(F)(F)F)cc2)C1.N#Cc1ccc(C2CC(C(=O)O)C2)cc1. The first-order valence-corrected chi connectivity index (χ1v) is 30.9. The summed E-state index contributed by atoms with van der Waals surface area (Å²) in [6.45, 7) is 8.93. The van der Waals surface area contributed by atoms with Crippen molar-refractivity contribution >= 4 is 40.0 Å². The molecule has 470 valence electrons. The second-order valence-corrected chi connectivity index (χ2v) is 23.6. The summed E-state index contributed by atoms with van der Waals surface area (Å²) in [7, 11) is -4.00. The third-order valence-corrected chi connectivity index (χ3v) is 17.3. The Bertz CT molecular complexity index is 3280. The number of hydrogen-bond acceptors (Lipinski definition) is 16. The van der Waals surface area contributed by atoms with Gasteiger partial charge >= 0.3 is 45.5 Å². The van der Waals surface area contributed by atoms with Gasteiger partial charge in [-0.2, -0.15) is 32.1 Å². The fraction of sp³-hybridized carbons (Fsp3) is 0.448. The van der Waals surface area contributed by atoms with Gasteiger partial charge in [0.1, 0.15) is 17.2 Å². The van der Waals surface area contributed by atoms with E-state index < -0.39 is 27.3 Å². The number of alkyl halides is 3. The molecule has 2 N–H and O–H groups in total. The standard InChI is InChI=1S/C14H15F3O5S.C14H15NO2.C14H18O3.C13H16O3.C12H11NO2/c1-2-21-13(18)11-7-10(8-11)9-3-5-12(6-4-9)22-23(19,20)14(15,16)17;1-2-17-14(16)13-7-12(8-13)11-5-3-10(9-15)4-6-11;1-3-17-14(15)12-8-11(9-12)10-4-6-13(16-2)7-5-10;1-2-16-13(15)11-7-10(8-11)9-3-5-12(14)6-4-9;13-7-8-1-3-9(4-2-8)10-5-11(6-10)12(14)15/h3-6,10-11H,2,7-8H2,1H3;3-6,12-13H,2,7-8H2,1H3;4-7,11-12H,3,8-9H2,1-2H3;3-6,10-11,14H,2,7-8H2,1H3;1-4,10-11H,5-6H2,(H,14,15). The van der Waals surface area contributed by atoms with Crippen LogP contribution in [0.1, 0.15) is 160 Å². The topological polar surface area (TPSA) is 263 Å². The molecule has 0 heterocycles. The number of esters is 4. The second kappa shape index (κ2) is 32.5. The number of ether oxygens (including phenoxy) is 5. The molecule has 5 fully saturated rings. The van der Waals surface area contributed by atoms with Gasteiger partial charge in [0.2, 0.25) is 0 Å². The van der Waals surface area contributed by atoms with Gasteiger partial charge in [0, 0.05) is 0 Å². The number of benzene rings is 5. The van der Waals surface area contributed by atoms with E-state index in [-0.39, 0.29) is 65.1 Å². The van der Waals surface area contributed by atoms with Crippen LogP contribution in [-0.4, -0.2) is 87.5 Å². The van der Waals surface area contributed by atoms with Gasteiger partial charge < -0.3 is 38.1 Å². The van der Waals surface area contributed by atoms with Crippen molar-refractivity contribution in [3.63, 3.8) is 0 Å². The monoisotopic (exact) mass is 1240 g/mol. The Balaban J connectivity index is 0.000000177. The molecular weight excluding hydrogens is 1160 g/mol. The molecule has 17 nitrogen and oxygen atoms in total. The number of halogens is 3. The zero-order chi connectivity index (χ0) is 64.1. The zero-order valence-corrected chi connectivity index (χ0v) is 50.7. The van der Waals surface area contributed by atoms with Gasteiger partial charge in [0.25, 0.3) is 0 Å².